The number of hydrogen-bond donors (Lipinski definition) is 2. The number of hydrogen-bond acceptors (Lipinski definition) is 3. The van der Waals surface area contributed by atoms with Crippen LogP contribution in [0.15, 0.2) is 24.3 Å². The zero-order chi connectivity index (χ0) is 13.9. The van der Waals surface area contributed by atoms with Crippen LogP contribution in [0, 0.1) is 5.82 Å². The lowest BCUT2D eigenvalue weighted by Gasteiger charge is -2.23. The molecule has 1 aromatic carbocycles. The van der Waals surface area contributed by atoms with Crippen molar-refractivity contribution in [1.82, 2.24) is 5.32 Å². The molecule has 2 rings (SSSR count). The molecule has 0 saturated carbocycles. The number of benzene rings is 1. The summed E-state index contributed by atoms with van der Waals surface area (Å²) in [4.78, 5) is 12.0. The van der Waals surface area contributed by atoms with Crippen molar-refractivity contribution >= 4 is 5.91 Å². The molecule has 0 radical (unpaired) electrons. The monoisotopic (exact) mass is 266 g/mol. The first-order chi connectivity index (χ1) is 8.99. The van der Waals surface area contributed by atoms with Gasteiger partial charge < -0.3 is 15.8 Å². The van der Waals surface area contributed by atoms with Crippen LogP contribution in [0.4, 0.5) is 4.39 Å². The molecule has 0 aliphatic carbocycles. The number of nitrogens with one attached hydrogen (secondary N) is 1. The molecule has 1 saturated heterocycles. The van der Waals surface area contributed by atoms with Gasteiger partial charge in [-0.15, -0.1) is 0 Å². The van der Waals surface area contributed by atoms with Crippen molar-refractivity contribution in [3.8, 4) is 0 Å². The van der Waals surface area contributed by atoms with E-state index in [-0.39, 0.29) is 24.4 Å². The summed E-state index contributed by atoms with van der Waals surface area (Å²) in [7, 11) is 0. The summed E-state index contributed by atoms with van der Waals surface area (Å²) in [5.74, 6) is -0.441. The highest BCUT2D eigenvalue weighted by Crippen LogP contribution is 2.16. The highest BCUT2D eigenvalue weighted by molar-refractivity contribution is 5.86. The number of carbonyl (C=O) groups is 1. The second-order valence-corrected chi connectivity index (χ2v) is 5.16. The molecule has 1 aliphatic rings. The lowest BCUT2D eigenvalue weighted by molar-refractivity contribution is -0.126. The number of ether oxygens (including phenoxy) is 1. The highest BCUT2D eigenvalue weighted by atomic mass is 19.1. The van der Waals surface area contributed by atoms with E-state index in [9.17, 15) is 9.18 Å². The zero-order valence-electron chi connectivity index (χ0n) is 11.0. The normalized spacial score (nSPS) is 24.2. The van der Waals surface area contributed by atoms with E-state index in [2.05, 4.69) is 5.32 Å². The van der Waals surface area contributed by atoms with E-state index in [1.807, 2.05) is 6.92 Å². The third-order valence-corrected chi connectivity index (χ3v) is 3.34. The maximum atomic E-state index is 12.8. The fraction of sp³-hybridized carbons (Fsp3) is 0.500. The Kier molecular flexibility index (Phi) is 4.17. The fourth-order valence-electron chi connectivity index (χ4n) is 2.15. The molecule has 4 nitrogen and oxygen atoms in total. The van der Waals surface area contributed by atoms with Crippen LogP contribution in [0.2, 0.25) is 0 Å². The summed E-state index contributed by atoms with van der Waals surface area (Å²) in [6.45, 7) is 2.69. The topological polar surface area (TPSA) is 64.4 Å². The number of halogens is 1. The molecule has 104 valence electrons. The van der Waals surface area contributed by atoms with Gasteiger partial charge in [0.1, 0.15) is 11.4 Å². The summed E-state index contributed by atoms with van der Waals surface area (Å²) in [6, 6.07) is 6.21. The van der Waals surface area contributed by atoms with Gasteiger partial charge in [0.25, 0.3) is 0 Å². The molecule has 19 heavy (non-hydrogen) atoms. The van der Waals surface area contributed by atoms with Gasteiger partial charge in [-0.25, -0.2) is 4.39 Å². The van der Waals surface area contributed by atoms with Gasteiger partial charge in [-0.05, 0) is 37.5 Å². The van der Waals surface area contributed by atoms with Gasteiger partial charge in [-0.2, -0.15) is 0 Å². The van der Waals surface area contributed by atoms with Crippen LogP contribution in [-0.2, 0) is 16.0 Å². The molecular weight excluding hydrogens is 247 g/mol. The molecule has 5 heteroatoms. The molecule has 2 atom stereocenters. The Morgan fingerprint density at radius 2 is 2.21 bits per heavy atom. The minimum absolute atomic E-state index is 0.0565. The van der Waals surface area contributed by atoms with Gasteiger partial charge in [0.15, 0.2) is 0 Å². The maximum Gasteiger partial charge on any atom is 0.242 e. The molecule has 1 aliphatic heterocycles. The largest absolute Gasteiger partial charge is 0.379 e. The SMILES string of the molecule is CC(Cc1ccc(F)cc1)NC(=O)C1(N)CCOC1. The molecule has 0 bridgehead atoms. The minimum Gasteiger partial charge on any atom is -0.379 e. The zero-order valence-corrected chi connectivity index (χ0v) is 11.0. The molecule has 1 heterocycles. The quantitative estimate of drug-likeness (QED) is 0.854. The van der Waals surface area contributed by atoms with E-state index in [0.717, 1.165) is 5.56 Å². The van der Waals surface area contributed by atoms with Gasteiger partial charge in [-0.3, -0.25) is 4.79 Å². The van der Waals surface area contributed by atoms with Crippen LogP contribution in [0.1, 0.15) is 18.9 Å². The van der Waals surface area contributed by atoms with Gasteiger partial charge >= 0.3 is 0 Å². The van der Waals surface area contributed by atoms with E-state index in [4.69, 9.17) is 10.5 Å². The first kappa shape index (κ1) is 14.0. The highest BCUT2D eigenvalue weighted by Gasteiger charge is 2.38. The van der Waals surface area contributed by atoms with Crippen molar-refractivity contribution in [1.29, 1.82) is 0 Å². The molecule has 1 amide bonds. The average Bonchev–Trinajstić information content (AvgIpc) is 2.80. The van der Waals surface area contributed by atoms with Crippen molar-refractivity contribution in [3.63, 3.8) is 0 Å². The van der Waals surface area contributed by atoms with E-state index in [1.54, 1.807) is 12.1 Å². The molecule has 2 unspecified atom stereocenters. The molecule has 3 N–H and O–H groups in total. The fourth-order valence-corrected chi connectivity index (χ4v) is 2.15. The summed E-state index contributed by atoms with van der Waals surface area (Å²) in [5, 5.41) is 2.89. The minimum atomic E-state index is -0.906. The Morgan fingerprint density at radius 3 is 2.79 bits per heavy atom. The van der Waals surface area contributed by atoms with Gasteiger partial charge in [-0.1, -0.05) is 12.1 Å². The Balaban J connectivity index is 1.88. The van der Waals surface area contributed by atoms with E-state index in [1.165, 1.54) is 12.1 Å². The number of carbonyl (C=O) groups excluding carboxylic acids is 1. The number of rotatable bonds is 4. The summed E-state index contributed by atoms with van der Waals surface area (Å²) < 4.78 is 18.0. The third kappa shape index (κ3) is 3.52. The van der Waals surface area contributed by atoms with Crippen molar-refractivity contribution in [2.24, 2.45) is 5.73 Å². The Hall–Kier alpha value is -1.46. The molecule has 1 aromatic rings. The van der Waals surface area contributed by atoms with Crippen molar-refractivity contribution in [2.75, 3.05) is 13.2 Å². The van der Waals surface area contributed by atoms with Gasteiger partial charge in [0, 0.05) is 12.6 Å². The standard InChI is InChI=1S/C14H19FN2O2/c1-10(8-11-2-4-12(15)5-3-11)17-13(18)14(16)6-7-19-9-14/h2-5,10H,6-9,16H2,1H3,(H,17,18). The first-order valence-electron chi connectivity index (χ1n) is 6.42. The summed E-state index contributed by atoms with van der Waals surface area (Å²) in [6.07, 6.45) is 1.19. The van der Waals surface area contributed by atoms with Crippen LogP contribution in [-0.4, -0.2) is 30.7 Å². The van der Waals surface area contributed by atoms with Crippen LogP contribution in [0.5, 0.6) is 0 Å². The Bertz CT molecular complexity index is 441. The van der Waals surface area contributed by atoms with E-state index < -0.39 is 5.54 Å². The van der Waals surface area contributed by atoms with Crippen LogP contribution in [0.3, 0.4) is 0 Å². The van der Waals surface area contributed by atoms with Crippen LogP contribution in [0.25, 0.3) is 0 Å². The molecule has 1 fully saturated rings. The number of amides is 1. The molecule has 0 spiro atoms. The summed E-state index contributed by atoms with van der Waals surface area (Å²) in [5.41, 5.74) is 6.05. The first-order valence-corrected chi connectivity index (χ1v) is 6.42. The van der Waals surface area contributed by atoms with Crippen molar-refractivity contribution < 1.29 is 13.9 Å². The van der Waals surface area contributed by atoms with Gasteiger partial charge in [0.05, 0.1) is 6.61 Å². The maximum absolute atomic E-state index is 12.8. The Morgan fingerprint density at radius 1 is 1.53 bits per heavy atom. The second kappa shape index (κ2) is 5.67. The third-order valence-electron chi connectivity index (χ3n) is 3.34. The second-order valence-electron chi connectivity index (χ2n) is 5.16. The average molecular weight is 266 g/mol. The van der Waals surface area contributed by atoms with Crippen LogP contribution < -0.4 is 11.1 Å². The van der Waals surface area contributed by atoms with Crippen molar-refractivity contribution in [3.05, 3.63) is 35.6 Å². The number of nitrogens with two attached hydrogens (primary N) is 1. The van der Waals surface area contributed by atoms with Crippen molar-refractivity contribution in [2.45, 2.75) is 31.3 Å². The lowest BCUT2D eigenvalue weighted by atomic mass is 9.98. The van der Waals surface area contributed by atoms with E-state index in [0.29, 0.717) is 19.4 Å². The predicted octanol–water partition coefficient (Wildman–Crippen LogP) is 0.991. The lowest BCUT2D eigenvalue weighted by Crippen LogP contribution is -2.56. The van der Waals surface area contributed by atoms with Gasteiger partial charge in [0.2, 0.25) is 5.91 Å². The molecule has 0 aromatic heterocycles. The smallest absolute Gasteiger partial charge is 0.242 e. The summed E-state index contributed by atoms with van der Waals surface area (Å²) >= 11 is 0. The van der Waals surface area contributed by atoms with Crippen LogP contribution >= 0.6 is 0 Å². The predicted molar refractivity (Wildman–Crippen MR) is 70.1 cm³/mol. The molecular formula is C14H19FN2O2. The van der Waals surface area contributed by atoms with E-state index >= 15 is 0 Å². The Labute approximate surface area is 112 Å².